The van der Waals surface area contributed by atoms with Crippen molar-refractivity contribution in [3.8, 4) is 12.1 Å². The highest BCUT2D eigenvalue weighted by atomic mass is 15.1. The normalized spacial score (nSPS) is 13.8. The third kappa shape index (κ3) is 8.45. The monoisotopic (exact) mass is 181 g/mol. The smallest absolute Gasteiger partial charge is 0.0754 e. The van der Waals surface area contributed by atoms with Crippen LogP contribution in [0.4, 0.5) is 0 Å². The summed E-state index contributed by atoms with van der Waals surface area (Å²) in [6, 6.07) is 4.10. The zero-order valence-corrected chi connectivity index (χ0v) is 8.06. The lowest BCUT2D eigenvalue weighted by atomic mass is 10.2. The van der Waals surface area contributed by atoms with E-state index in [9.17, 15) is 0 Å². The molecule has 0 saturated carbocycles. The van der Waals surface area contributed by atoms with Crippen LogP contribution < -0.4 is 6.15 Å². The molecule has 0 aromatic rings. The number of hydrogen-bond acceptors (Lipinski definition) is 5. The van der Waals surface area contributed by atoms with Gasteiger partial charge in [0.1, 0.15) is 0 Å². The molecule has 3 N–H and O–H groups in total. The first-order valence-electron chi connectivity index (χ1n) is 3.83. The van der Waals surface area contributed by atoms with E-state index < -0.39 is 0 Å². The summed E-state index contributed by atoms with van der Waals surface area (Å²) in [6.45, 7) is 4.42. The molecular weight excluding hydrogens is 166 g/mol. The Labute approximate surface area is 78.7 Å². The summed E-state index contributed by atoms with van der Waals surface area (Å²) >= 11 is 0. The predicted octanol–water partition coefficient (Wildman–Crippen LogP) is 1.92. The van der Waals surface area contributed by atoms with E-state index in [-0.39, 0.29) is 18.0 Å². The van der Waals surface area contributed by atoms with Gasteiger partial charge in [-0.2, -0.15) is 20.8 Å². The van der Waals surface area contributed by atoms with Crippen molar-refractivity contribution >= 4 is 0 Å². The van der Waals surface area contributed by atoms with E-state index in [2.05, 4.69) is 10.2 Å². The van der Waals surface area contributed by atoms with Gasteiger partial charge in [-0.3, -0.25) is 0 Å². The molecule has 0 rings (SSSR count). The van der Waals surface area contributed by atoms with Gasteiger partial charge in [0.05, 0.1) is 37.1 Å². The van der Waals surface area contributed by atoms with Gasteiger partial charge >= 0.3 is 0 Å². The van der Waals surface area contributed by atoms with Crippen molar-refractivity contribution < 1.29 is 0 Å². The molecule has 0 fully saturated rings. The van der Waals surface area contributed by atoms with Gasteiger partial charge in [0.2, 0.25) is 0 Å². The highest BCUT2D eigenvalue weighted by molar-refractivity contribution is 4.81. The van der Waals surface area contributed by atoms with Crippen molar-refractivity contribution in [1.82, 2.24) is 6.15 Å². The van der Waals surface area contributed by atoms with E-state index in [1.54, 1.807) is 13.8 Å². The number of hydrogen-bond donors (Lipinski definition) is 1. The molecule has 72 valence electrons. The van der Waals surface area contributed by atoms with Gasteiger partial charge < -0.3 is 6.15 Å². The number of nitrogens with zero attached hydrogens (tertiary/aromatic N) is 4. The minimum absolute atomic E-state index is 0. The Balaban J connectivity index is 0. The summed E-state index contributed by atoms with van der Waals surface area (Å²) in [6.07, 6.45) is 0. The number of nitriles is 2. The van der Waals surface area contributed by atoms with Crippen molar-refractivity contribution in [3.63, 3.8) is 0 Å². The molecule has 5 nitrogen and oxygen atoms in total. The zero-order valence-electron chi connectivity index (χ0n) is 8.06. The van der Waals surface area contributed by atoms with Crippen LogP contribution in [0.2, 0.25) is 0 Å². The van der Waals surface area contributed by atoms with Crippen LogP contribution in [0.5, 0.6) is 0 Å². The fourth-order valence-corrected chi connectivity index (χ4v) is 0.442. The SMILES string of the molecule is CC(C#N)CN=NCC(C)C#N.N. The highest BCUT2D eigenvalue weighted by Gasteiger charge is 1.97. The maximum atomic E-state index is 8.39. The highest BCUT2D eigenvalue weighted by Crippen LogP contribution is 1.96. The third-order valence-corrected chi connectivity index (χ3v) is 1.25. The minimum Gasteiger partial charge on any atom is -0.344 e. The van der Waals surface area contributed by atoms with Crippen LogP contribution in [0.3, 0.4) is 0 Å². The molecule has 2 unspecified atom stereocenters. The average Bonchev–Trinajstić information content (AvgIpc) is 2.11. The molecule has 0 radical (unpaired) electrons. The van der Waals surface area contributed by atoms with Crippen LogP contribution in [0.15, 0.2) is 10.2 Å². The van der Waals surface area contributed by atoms with Crippen LogP contribution in [0.1, 0.15) is 13.8 Å². The van der Waals surface area contributed by atoms with E-state index in [1.807, 2.05) is 12.1 Å². The largest absolute Gasteiger partial charge is 0.344 e. The summed E-state index contributed by atoms with van der Waals surface area (Å²) < 4.78 is 0. The summed E-state index contributed by atoms with van der Waals surface area (Å²) in [5.41, 5.74) is 0. The minimum atomic E-state index is -0.0915. The molecule has 0 amide bonds. The van der Waals surface area contributed by atoms with Crippen molar-refractivity contribution in [1.29, 1.82) is 10.5 Å². The first-order valence-corrected chi connectivity index (χ1v) is 3.83. The number of rotatable bonds is 4. The Morgan fingerprint density at radius 3 is 1.54 bits per heavy atom. The van der Waals surface area contributed by atoms with Gasteiger partial charge in [0.15, 0.2) is 0 Å². The Hall–Kier alpha value is -1.46. The first kappa shape index (κ1) is 14.1. The Bertz CT molecular complexity index is 198. The molecule has 0 aromatic heterocycles. The topological polar surface area (TPSA) is 107 Å². The summed E-state index contributed by atoms with van der Waals surface area (Å²) in [7, 11) is 0. The molecule has 2 atom stereocenters. The number of azo groups is 1. The Morgan fingerprint density at radius 2 is 1.31 bits per heavy atom. The van der Waals surface area contributed by atoms with Crippen LogP contribution in [-0.4, -0.2) is 13.1 Å². The van der Waals surface area contributed by atoms with E-state index >= 15 is 0 Å². The molecule has 0 spiro atoms. The van der Waals surface area contributed by atoms with E-state index in [0.29, 0.717) is 13.1 Å². The van der Waals surface area contributed by atoms with Crippen LogP contribution in [0.25, 0.3) is 0 Å². The van der Waals surface area contributed by atoms with Gasteiger partial charge in [-0.05, 0) is 13.8 Å². The van der Waals surface area contributed by atoms with Gasteiger partial charge in [0.25, 0.3) is 0 Å². The van der Waals surface area contributed by atoms with Gasteiger partial charge in [-0.15, -0.1) is 0 Å². The maximum absolute atomic E-state index is 8.39. The molecule has 0 aromatic carbocycles. The fraction of sp³-hybridized carbons (Fsp3) is 0.750. The van der Waals surface area contributed by atoms with Crippen molar-refractivity contribution in [2.75, 3.05) is 13.1 Å². The third-order valence-electron chi connectivity index (χ3n) is 1.25. The summed E-state index contributed by atoms with van der Waals surface area (Å²) in [5, 5.41) is 24.3. The zero-order chi connectivity index (χ0) is 9.40. The van der Waals surface area contributed by atoms with Crippen molar-refractivity contribution in [3.05, 3.63) is 0 Å². The summed E-state index contributed by atoms with van der Waals surface area (Å²) in [5.74, 6) is -0.183. The standard InChI is InChI=1S/C8H12N4.H3N/c1-7(3-9)5-11-12-6-8(2)4-10;/h7-8H,5-6H2,1-2H3;1H3. The second kappa shape index (κ2) is 8.63. The molecule has 0 aliphatic heterocycles. The Kier molecular flexibility index (Phi) is 9.36. The summed E-state index contributed by atoms with van der Waals surface area (Å²) in [4.78, 5) is 0. The van der Waals surface area contributed by atoms with Gasteiger partial charge in [-0.25, -0.2) is 0 Å². The first-order chi connectivity index (χ1) is 5.70. The van der Waals surface area contributed by atoms with Crippen LogP contribution >= 0.6 is 0 Å². The quantitative estimate of drug-likeness (QED) is 0.669. The lowest BCUT2D eigenvalue weighted by molar-refractivity contribution is 0.667. The van der Waals surface area contributed by atoms with Crippen molar-refractivity contribution in [2.24, 2.45) is 22.1 Å². The average molecular weight is 181 g/mol. The second-order valence-corrected chi connectivity index (χ2v) is 2.71. The molecule has 13 heavy (non-hydrogen) atoms. The van der Waals surface area contributed by atoms with E-state index in [1.165, 1.54) is 0 Å². The Morgan fingerprint density at radius 1 is 1.00 bits per heavy atom. The predicted molar refractivity (Wildman–Crippen MR) is 49.2 cm³/mol. The van der Waals surface area contributed by atoms with Gasteiger partial charge in [0, 0.05) is 0 Å². The molecule has 0 aliphatic rings. The van der Waals surface area contributed by atoms with Crippen molar-refractivity contribution in [2.45, 2.75) is 13.8 Å². The molecule has 0 heterocycles. The fourth-order valence-electron chi connectivity index (χ4n) is 0.442. The molecule has 0 saturated heterocycles. The van der Waals surface area contributed by atoms with Crippen LogP contribution in [-0.2, 0) is 0 Å². The molecule has 0 aliphatic carbocycles. The van der Waals surface area contributed by atoms with E-state index in [4.69, 9.17) is 10.5 Å². The van der Waals surface area contributed by atoms with E-state index in [0.717, 1.165) is 0 Å². The van der Waals surface area contributed by atoms with Crippen LogP contribution in [0, 0.1) is 34.5 Å². The maximum Gasteiger partial charge on any atom is 0.0754 e. The molecular formula is C8H15N5. The molecule has 0 bridgehead atoms. The second-order valence-electron chi connectivity index (χ2n) is 2.71. The lowest BCUT2D eigenvalue weighted by Crippen LogP contribution is -1.96. The van der Waals surface area contributed by atoms with Gasteiger partial charge in [-0.1, -0.05) is 0 Å². The lowest BCUT2D eigenvalue weighted by Gasteiger charge is -1.95. The molecule has 5 heteroatoms.